The number of rotatable bonds is 4. The third-order valence-electron chi connectivity index (χ3n) is 3.97. The Balaban J connectivity index is 1.99. The molecule has 1 aliphatic heterocycles. The van der Waals surface area contributed by atoms with Gasteiger partial charge >= 0.3 is 0 Å². The van der Waals surface area contributed by atoms with Gasteiger partial charge in [0, 0.05) is 17.7 Å². The fraction of sp³-hybridized carbons (Fsp3) is 0.250. The molecule has 0 radical (unpaired) electrons. The van der Waals surface area contributed by atoms with Gasteiger partial charge in [0.25, 0.3) is 5.69 Å². The highest BCUT2D eigenvalue weighted by Crippen LogP contribution is 2.35. The first-order chi connectivity index (χ1) is 10.9. The average Bonchev–Trinajstić information content (AvgIpc) is 2.83. The predicted molar refractivity (Wildman–Crippen MR) is 87.8 cm³/mol. The number of hydrogen-bond acceptors (Lipinski definition) is 4. The summed E-state index contributed by atoms with van der Waals surface area (Å²) in [6.45, 7) is 1.84. The molecule has 3 rings (SSSR count). The maximum Gasteiger partial charge on any atom is 0.273 e. The van der Waals surface area contributed by atoms with Gasteiger partial charge < -0.3 is 0 Å². The van der Waals surface area contributed by atoms with Crippen LogP contribution in [0.4, 0.5) is 11.4 Å². The van der Waals surface area contributed by atoms with Gasteiger partial charge in [-0.3, -0.25) is 14.4 Å². The maximum absolute atomic E-state index is 12.9. The smallest absolute Gasteiger partial charge is 0.267 e. The number of fused-ring (bicyclic) bond motifs is 1. The second kappa shape index (κ2) is 5.66. The zero-order valence-electron chi connectivity index (χ0n) is 12.5. The Kier molecular flexibility index (Phi) is 3.81. The quantitative estimate of drug-likeness (QED) is 0.637. The minimum Gasteiger partial charge on any atom is -0.267 e. The van der Waals surface area contributed by atoms with E-state index >= 15 is 0 Å². The van der Waals surface area contributed by atoms with Crippen LogP contribution in [0.25, 0.3) is 0 Å². The Morgan fingerprint density at radius 2 is 1.83 bits per heavy atom. The van der Waals surface area contributed by atoms with E-state index in [0.717, 1.165) is 5.56 Å². The number of hydrogen-bond donors (Lipinski definition) is 0. The summed E-state index contributed by atoms with van der Waals surface area (Å²) in [6.07, 6.45) is 0.645. The third kappa shape index (κ3) is 2.79. The Morgan fingerprint density at radius 3 is 2.57 bits per heavy atom. The number of benzene rings is 2. The van der Waals surface area contributed by atoms with Crippen molar-refractivity contribution in [1.82, 2.24) is 0 Å². The Morgan fingerprint density at radius 1 is 1.17 bits per heavy atom. The fourth-order valence-corrected chi connectivity index (χ4v) is 4.91. The van der Waals surface area contributed by atoms with Crippen LogP contribution in [0.1, 0.15) is 18.1 Å². The number of anilines is 1. The van der Waals surface area contributed by atoms with Crippen molar-refractivity contribution in [2.75, 3.05) is 4.31 Å². The molecule has 0 amide bonds. The number of nitro groups is 1. The Hall–Kier alpha value is -2.41. The van der Waals surface area contributed by atoms with E-state index in [1.807, 2.05) is 19.1 Å². The van der Waals surface area contributed by atoms with Crippen LogP contribution in [0.3, 0.4) is 0 Å². The summed E-state index contributed by atoms with van der Waals surface area (Å²) < 4.78 is 27.1. The van der Waals surface area contributed by atoms with Crippen LogP contribution in [0.2, 0.25) is 0 Å². The molecule has 0 aliphatic carbocycles. The number of sulfonamides is 1. The zero-order chi connectivity index (χ0) is 16.6. The van der Waals surface area contributed by atoms with Crippen molar-refractivity contribution in [3.8, 4) is 0 Å². The summed E-state index contributed by atoms with van der Waals surface area (Å²) in [5.41, 5.74) is 1.68. The SMILES string of the molecule is CC1Cc2ccccc2N1S(=O)(=O)Cc1ccccc1[N+](=O)[O-]. The lowest BCUT2D eigenvalue weighted by atomic mass is 10.1. The van der Waals surface area contributed by atoms with E-state index in [1.54, 1.807) is 18.2 Å². The van der Waals surface area contributed by atoms with Gasteiger partial charge in [0.05, 0.1) is 10.6 Å². The molecule has 120 valence electrons. The molecule has 0 fully saturated rings. The molecule has 1 heterocycles. The predicted octanol–water partition coefficient (Wildman–Crippen LogP) is 2.88. The monoisotopic (exact) mass is 332 g/mol. The Labute approximate surface area is 134 Å². The summed E-state index contributed by atoms with van der Waals surface area (Å²) in [6, 6.07) is 13.1. The summed E-state index contributed by atoms with van der Waals surface area (Å²) in [7, 11) is -3.70. The zero-order valence-corrected chi connectivity index (χ0v) is 13.4. The lowest BCUT2D eigenvalue weighted by Gasteiger charge is -2.24. The van der Waals surface area contributed by atoms with Gasteiger partial charge in [-0.1, -0.05) is 36.4 Å². The third-order valence-corrected chi connectivity index (χ3v) is 5.80. The molecule has 1 aliphatic rings. The Bertz CT molecular complexity index is 864. The number of para-hydroxylation sites is 2. The average molecular weight is 332 g/mol. The van der Waals surface area contributed by atoms with E-state index in [2.05, 4.69) is 0 Å². The van der Waals surface area contributed by atoms with Crippen molar-refractivity contribution in [3.63, 3.8) is 0 Å². The van der Waals surface area contributed by atoms with Crippen molar-refractivity contribution in [2.45, 2.75) is 25.1 Å². The topological polar surface area (TPSA) is 80.5 Å². The summed E-state index contributed by atoms with van der Waals surface area (Å²) >= 11 is 0. The molecule has 23 heavy (non-hydrogen) atoms. The lowest BCUT2D eigenvalue weighted by Crippen LogP contribution is -2.36. The molecule has 0 saturated carbocycles. The molecule has 0 spiro atoms. The van der Waals surface area contributed by atoms with E-state index in [9.17, 15) is 18.5 Å². The molecular weight excluding hydrogens is 316 g/mol. The van der Waals surface area contributed by atoms with Gasteiger partial charge in [0.15, 0.2) is 0 Å². The standard InChI is InChI=1S/C16H16N2O4S/c1-12-10-13-6-2-4-8-15(13)17(12)23(21,22)11-14-7-3-5-9-16(14)18(19)20/h2-9,12H,10-11H2,1H3. The summed E-state index contributed by atoms with van der Waals surface area (Å²) in [4.78, 5) is 10.5. The van der Waals surface area contributed by atoms with Crippen LogP contribution in [-0.4, -0.2) is 19.4 Å². The number of nitro benzene ring substituents is 1. The van der Waals surface area contributed by atoms with Gasteiger partial charge in [0.1, 0.15) is 5.75 Å². The van der Waals surface area contributed by atoms with Gasteiger partial charge in [-0.2, -0.15) is 0 Å². The molecule has 7 heteroatoms. The van der Waals surface area contributed by atoms with E-state index in [0.29, 0.717) is 12.1 Å². The van der Waals surface area contributed by atoms with E-state index < -0.39 is 14.9 Å². The lowest BCUT2D eigenvalue weighted by molar-refractivity contribution is -0.385. The van der Waals surface area contributed by atoms with Gasteiger partial charge in [0.2, 0.25) is 10.0 Å². The van der Waals surface area contributed by atoms with Crippen LogP contribution < -0.4 is 4.31 Å². The molecular formula is C16H16N2O4S. The molecule has 6 nitrogen and oxygen atoms in total. The largest absolute Gasteiger partial charge is 0.273 e. The first kappa shape index (κ1) is 15.5. The van der Waals surface area contributed by atoms with Crippen molar-refractivity contribution < 1.29 is 13.3 Å². The van der Waals surface area contributed by atoms with Crippen LogP contribution in [0, 0.1) is 10.1 Å². The van der Waals surface area contributed by atoms with E-state index in [1.165, 1.54) is 22.5 Å². The molecule has 1 atom stereocenters. The van der Waals surface area contributed by atoms with E-state index in [-0.39, 0.29) is 23.0 Å². The van der Waals surface area contributed by atoms with Gasteiger partial charge in [-0.05, 0) is 25.0 Å². The normalized spacial score (nSPS) is 17.1. The molecule has 0 saturated heterocycles. The second-order valence-corrected chi connectivity index (χ2v) is 7.47. The fourth-order valence-electron chi connectivity index (χ4n) is 3.04. The highest BCUT2D eigenvalue weighted by Gasteiger charge is 2.35. The highest BCUT2D eigenvalue weighted by molar-refractivity contribution is 7.92. The summed E-state index contributed by atoms with van der Waals surface area (Å²) in [5, 5.41) is 11.1. The second-order valence-electron chi connectivity index (χ2n) is 5.62. The molecule has 2 aromatic rings. The first-order valence-electron chi connectivity index (χ1n) is 7.22. The first-order valence-corrected chi connectivity index (χ1v) is 8.83. The number of nitrogens with zero attached hydrogens (tertiary/aromatic N) is 2. The minimum atomic E-state index is -3.70. The van der Waals surface area contributed by atoms with Gasteiger partial charge in [-0.25, -0.2) is 8.42 Å². The maximum atomic E-state index is 12.9. The molecule has 0 bridgehead atoms. The highest BCUT2D eigenvalue weighted by atomic mass is 32.2. The van der Waals surface area contributed by atoms with Crippen molar-refractivity contribution >= 4 is 21.4 Å². The molecule has 2 aromatic carbocycles. The molecule has 0 aromatic heterocycles. The van der Waals surface area contributed by atoms with Crippen LogP contribution in [0.5, 0.6) is 0 Å². The van der Waals surface area contributed by atoms with E-state index in [4.69, 9.17) is 0 Å². The van der Waals surface area contributed by atoms with Crippen LogP contribution >= 0.6 is 0 Å². The van der Waals surface area contributed by atoms with Crippen LogP contribution in [0.15, 0.2) is 48.5 Å². The molecule has 0 N–H and O–H groups in total. The van der Waals surface area contributed by atoms with Crippen molar-refractivity contribution in [3.05, 3.63) is 69.8 Å². The molecule has 1 unspecified atom stereocenters. The van der Waals surface area contributed by atoms with Crippen molar-refractivity contribution in [2.24, 2.45) is 0 Å². The minimum absolute atomic E-state index is 0.170. The van der Waals surface area contributed by atoms with Crippen molar-refractivity contribution in [1.29, 1.82) is 0 Å². The van der Waals surface area contributed by atoms with Crippen LogP contribution in [-0.2, 0) is 22.2 Å². The van der Waals surface area contributed by atoms with Gasteiger partial charge in [-0.15, -0.1) is 0 Å². The summed E-state index contributed by atoms with van der Waals surface area (Å²) in [5.74, 6) is -0.386.